The summed E-state index contributed by atoms with van der Waals surface area (Å²) in [5.74, 6) is -7.83. The van der Waals surface area contributed by atoms with Gasteiger partial charge in [0.1, 0.15) is 28.5 Å². The van der Waals surface area contributed by atoms with E-state index in [9.17, 15) is 39.0 Å². The van der Waals surface area contributed by atoms with Crippen LogP contribution < -0.4 is 4.74 Å². The van der Waals surface area contributed by atoms with Crippen molar-refractivity contribution in [1.82, 2.24) is 0 Å². The third-order valence-corrected chi connectivity index (χ3v) is 6.90. The number of esters is 4. The summed E-state index contributed by atoms with van der Waals surface area (Å²) in [5, 5.41) is 20.8. The van der Waals surface area contributed by atoms with Crippen molar-refractivity contribution in [2.75, 3.05) is 6.61 Å². The maximum Gasteiger partial charge on any atom is 0.303 e. The van der Waals surface area contributed by atoms with Crippen LogP contribution in [0.1, 0.15) is 60.9 Å². The first-order valence-electron chi connectivity index (χ1n) is 12.3. The molecule has 2 N–H and O–H groups in total. The largest absolute Gasteiger partial charge is 0.507 e. The van der Waals surface area contributed by atoms with Gasteiger partial charge in [-0.2, -0.15) is 0 Å². The molecule has 5 atom stereocenters. The average Bonchev–Trinajstić information content (AvgIpc) is 2.89. The Labute approximate surface area is 248 Å². The van der Waals surface area contributed by atoms with Crippen LogP contribution in [0.5, 0.6) is 17.2 Å². The summed E-state index contributed by atoms with van der Waals surface area (Å²) in [6, 6.07) is 0. The molecule has 0 aromatic heterocycles. The first-order valence-corrected chi connectivity index (χ1v) is 13.1. The number of phenols is 2. The van der Waals surface area contributed by atoms with E-state index >= 15 is 0 Å². The summed E-state index contributed by atoms with van der Waals surface area (Å²) in [4.78, 5) is 73.3. The van der Waals surface area contributed by atoms with Crippen LogP contribution in [0.3, 0.4) is 0 Å². The molecule has 1 fully saturated rings. The van der Waals surface area contributed by atoms with E-state index < -0.39 is 111 Å². The van der Waals surface area contributed by atoms with Gasteiger partial charge in [0, 0.05) is 33.3 Å². The molecule has 0 saturated carbocycles. The second-order valence-electron chi connectivity index (χ2n) is 9.08. The molecule has 3 rings (SSSR count). The van der Waals surface area contributed by atoms with Crippen LogP contribution in [0.15, 0.2) is 10.1 Å². The van der Waals surface area contributed by atoms with Gasteiger partial charge in [0.25, 0.3) is 0 Å². The number of benzene rings is 1. The average molecular weight is 633 g/mol. The van der Waals surface area contributed by atoms with Crippen molar-refractivity contribution in [2.45, 2.75) is 71.7 Å². The second kappa shape index (κ2) is 13.0. The molecule has 14 nitrogen and oxygen atoms in total. The fourth-order valence-corrected chi connectivity index (χ4v) is 4.83. The predicted molar refractivity (Wildman–Crippen MR) is 139 cm³/mol. The van der Waals surface area contributed by atoms with Gasteiger partial charge in [-0.15, -0.1) is 0 Å². The molecule has 1 aliphatic heterocycles. The molecule has 42 heavy (non-hydrogen) atoms. The van der Waals surface area contributed by atoms with E-state index in [1.54, 1.807) is 0 Å². The molecule has 0 radical (unpaired) electrons. The maximum absolute atomic E-state index is 12.9. The smallest absolute Gasteiger partial charge is 0.303 e. The number of halogens is 2. The molecular formula is C26H26Cl2O14. The van der Waals surface area contributed by atoms with Gasteiger partial charge >= 0.3 is 23.9 Å². The number of Topliss-reactive ketones (excluding diaryl/α,β-unsaturated/α-hetero) is 2. The van der Waals surface area contributed by atoms with Crippen molar-refractivity contribution in [3.05, 3.63) is 26.8 Å². The normalized spacial score (nSPS) is 23.5. The number of carbonyl (C=O) groups excluding carboxylic acids is 6. The minimum absolute atomic E-state index is 0.0934. The molecule has 0 spiro atoms. The molecular weight excluding hydrogens is 607 g/mol. The van der Waals surface area contributed by atoms with Crippen molar-refractivity contribution in [2.24, 2.45) is 0 Å². The SMILES string of the molecule is CCc1c(O)c2c(c(O)c1OC1OC(COC(C)=O)C(OC(C)=O)C(OC(C)=O)C1OC(C)=O)C(=O)C(Cl)=C(Cl)C2=O. The summed E-state index contributed by atoms with van der Waals surface area (Å²) in [6.45, 7) is 5.12. The van der Waals surface area contributed by atoms with Crippen LogP contribution in [-0.2, 0) is 49.3 Å². The van der Waals surface area contributed by atoms with Crippen LogP contribution >= 0.6 is 23.2 Å². The lowest BCUT2D eigenvalue weighted by atomic mass is 9.89. The zero-order valence-corrected chi connectivity index (χ0v) is 24.4. The van der Waals surface area contributed by atoms with E-state index in [1.807, 2.05) is 0 Å². The third kappa shape index (κ3) is 6.45. The Morgan fingerprint density at radius 2 is 1.24 bits per heavy atom. The monoisotopic (exact) mass is 632 g/mol. The Bertz CT molecular complexity index is 1380. The Kier molecular flexibility index (Phi) is 10.1. The number of fused-ring (bicyclic) bond motifs is 1. The van der Waals surface area contributed by atoms with Crippen molar-refractivity contribution in [1.29, 1.82) is 0 Å². The molecule has 1 aromatic rings. The first-order chi connectivity index (χ1) is 19.6. The number of ketones is 2. The van der Waals surface area contributed by atoms with Crippen LogP contribution in [0, 0.1) is 0 Å². The summed E-state index contributed by atoms with van der Waals surface area (Å²) in [5.41, 5.74) is -1.52. The maximum atomic E-state index is 12.9. The highest BCUT2D eigenvalue weighted by atomic mass is 35.5. The van der Waals surface area contributed by atoms with Crippen molar-refractivity contribution in [3.8, 4) is 17.2 Å². The van der Waals surface area contributed by atoms with Gasteiger partial charge in [-0.3, -0.25) is 28.8 Å². The van der Waals surface area contributed by atoms with Crippen LogP contribution in [-0.4, -0.2) is 83.0 Å². The summed E-state index contributed by atoms with van der Waals surface area (Å²) >= 11 is 11.8. The molecule has 228 valence electrons. The highest BCUT2D eigenvalue weighted by molar-refractivity contribution is 6.59. The standard InChI is InChI=1S/C26H26Cl2O14/c1-6-12-18(33)14-15(20(35)17(28)16(27)19(14)34)21(36)22(12)42-26-25(40-11(5)32)24(39-10(4)31)23(38-9(3)30)13(41-26)7-37-8(2)29/h13,23-26,33,36H,6-7H2,1-5H3. The van der Waals surface area contributed by atoms with Crippen molar-refractivity contribution < 1.29 is 67.4 Å². The van der Waals surface area contributed by atoms with Gasteiger partial charge in [0.15, 0.2) is 23.7 Å². The molecule has 1 saturated heterocycles. The molecule has 0 bridgehead atoms. The molecule has 1 aromatic carbocycles. The number of carbonyl (C=O) groups is 6. The lowest BCUT2D eigenvalue weighted by Gasteiger charge is -2.44. The highest BCUT2D eigenvalue weighted by Crippen LogP contribution is 2.49. The first kappa shape index (κ1) is 32.6. The second-order valence-corrected chi connectivity index (χ2v) is 9.84. The van der Waals surface area contributed by atoms with Gasteiger partial charge < -0.3 is 38.6 Å². The number of hydrogen-bond acceptors (Lipinski definition) is 14. The third-order valence-electron chi connectivity index (χ3n) is 6.08. The quantitative estimate of drug-likeness (QED) is 0.240. The molecule has 1 heterocycles. The van der Waals surface area contributed by atoms with E-state index in [1.165, 1.54) is 6.92 Å². The molecule has 0 amide bonds. The van der Waals surface area contributed by atoms with Gasteiger partial charge in [0.05, 0.1) is 11.1 Å². The zero-order chi connectivity index (χ0) is 31.6. The van der Waals surface area contributed by atoms with E-state index in [4.69, 9.17) is 51.6 Å². The molecule has 2 aliphatic rings. The topological polar surface area (TPSA) is 198 Å². The minimum atomic E-state index is -1.82. The summed E-state index contributed by atoms with van der Waals surface area (Å²) in [7, 11) is 0. The fourth-order valence-electron chi connectivity index (χ4n) is 4.47. The van der Waals surface area contributed by atoms with Crippen molar-refractivity contribution >= 4 is 58.6 Å². The predicted octanol–water partition coefficient (Wildman–Crippen LogP) is 2.19. The number of ether oxygens (including phenoxy) is 6. The molecule has 16 heteroatoms. The van der Waals surface area contributed by atoms with Crippen LogP contribution in [0.2, 0.25) is 0 Å². The minimum Gasteiger partial charge on any atom is -0.507 e. The lowest BCUT2D eigenvalue weighted by molar-refractivity contribution is -0.288. The van der Waals surface area contributed by atoms with Gasteiger partial charge in [-0.1, -0.05) is 30.1 Å². The molecule has 1 aliphatic carbocycles. The van der Waals surface area contributed by atoms with E-state index in [2.05, 4.69) is 0 Å². The Morgan fingerprint density at radius 3 is 1.71 bits per heavy atom. The molecule has 5 unspecified atom stereocenters. The Morgan fingerprint density at radius 1 is 0.762 bits per heavy atom. The van der Waals surface area contributed by atoms with E-state index in [-0.39, 0.29) is 12.0 Å². The van der Waals surface area contributed by atoms with Crippen LogP contribution in [0.4, 0.5) is 0 Å². The summed E-state index contributed by atoms with van der Waals surface area (Å²) in [6.07, 6.45) is -8.09. The van der Waals surface area contributed by atoms with Crippen molar-refractivity contribution in [3.63, 3.8) is 0 Å². The number of aromatic hydroxyl groups is 2. The lowest BCUT2D eigenvalue weighted by Crippen LogP contribution is -2.63. The zero-order valence-electron chi connectivity index (χ0n) is 22.9. The van der Waals surface area contributed by atoms with Crippen LogP contribution in [0.25, 0.3) is 0 Å². The Balaban J connectivity index is 2.21. The van der Waals surface area contributed by atoms with Gasteiger partial charge in [-0.05, 0) is 6.42 Å². The highest BCUT2D eigenvalue weighted by Gasteiger charge is 2.54. The Hall–Kier alpha value is -3.88. The van der Waals surface area contributed by atoms with Gasteiger partial charge in [-0.25, -0.2) is 0 Å². The number of rotatable bonds is 8. The van der Waals surface area contributed by atoms with E-state index in [0.717, 1.165) is 27.7 Å². The number of hydrogen-bond donors (Lipinski definition) is 2. The number of phenolic OH excluding ortho intramolecular Hbond substituents is 2. The fraction of sp³-hybridized carbons (Fsp3) is 0.462. The van der Waals surface area contributed by atoms with E-state index in [0.29, 0.717) is 0 Å². The number of allylic oxidation sites excluding steroid dienone is 2. The summed E-state index contributed by atoms with van der Waals surface area (Å²) < 4.78 is 32.7. The van der Waals surface area contributed by atoms with Gasteiger partial charge in [0.2, 0.25) is 24.0 Å².